The Hall–Kier alpha value is -0.120. The van der Waals surface area contributed by atoms with E-state index in [4.69, 9.17) is 9.47 Å². The molecule has 1 aliphatic heterocycles. The number of ether oxygens (including phenoxy) is 2. The van der Waals surface area contributed by atoms with E-state index in [-0.39, 0.29) is 24.0 Å². The number of likely N-dealkylation sites (tertiary alicyclic amines) is 1. The minimum Gasteiger partial charge on any atom is -0.382 e. The van der Waals surface area contributed by atoms with Crippen molar-refractivity contribution in [1.29, 1.82) is 0 Å². The van der Waals surface area contributed by atoms with E-state index in [1.807, 2.05) is 0 Å². The molecule has 0 spiro atoms. The van der Waals surface area contributed by atoms with Crippen LogP contribution in [-0.2, 0) is 9.47 Å². The van der Waals surface area contributed by atoms with Crippen molar-refractivity contribution in [2.45, 2.75) is 33.1 Å². The first-order valence-corrected chi connectivity index (χ1v) is 9.07. The minimum atomic E-state index is 0. The van der Waals surface area contributed by atoms with Crippen molar-refractivity contribution < 1.29 is 9.47 Å². The van der Waals surface area contributed by atoms with E-state index in [0.29, 0.717) is 13.2 Å². The molecule has 1 rings (SSSR count). The molecule has 0 aliphatic carbocycles. The van der Waals surface area contributed by atoms with Crippen LogP contribution in [-0.4, -0.2) is 77.1 Å². The third-order valence-corrected chi connectivity index (χ3v) is 4.09. The monoisotopic (exact) mass is 456 g/mol. The lowest BCUT2D eigenvalue weighted by Gasteiger charge is -2.30. The normalized spacial score (nSPS) is 16.7. The Morgan fingerprint density at radius 2 is 1.92 bits per heavy atom. The highest BCUT2D eigenvalue weighted by Gasteiger charge is 2.14. The standard InChI is InChI=1S/C17H36N4O2.HI/c1-4-18-17(19-8-5-13-23-15-14-22-3)20-9-12-21-10-6-16(2)7-11-21;/h16H,4-15H2,1-3H3,(H2,18,19,20);1H. The molecule has 0 saturated carbocycles. The summed E-state index contributed by atoms with van der Waals surface area (Å²) in [7, 11) is 1.69. The van der Waals surface area contributed by atoms with Gasteiger partial charge in [0.2, 0.25) is 0 Å². The number of nitrogens with zero attached hydrogens (tertiary/aromatic N) is 2. The molecule has 144 valence electrons. The molecule has 6 nitrogen and oxygen atoms in total. The summed E-state index contributed by atoms with van der Waals surface area (Å²) in [5.41, 5.74) is 0. The van der Waals surface area contributed by atoms with Crippen molar-refractivity contribution in [2.24, 2.45) is 10.9 Å². The van der Waals surface area contributed by atoms with Gasteiger partial charge in [0.15, 0.2) is 5.96 Å². The van der Waals surface area contributed by atoms with Gasteiger partial charge >= 0.3 is 0 Å². The lowest BCUT2D eigenvalue weighted by molar-refractivity contribution is 0.0702. The molecule has 1 saturated heterocycles. The molecule has 0 amide bonds. The van der Waals surface area contributed by atoms with Crippen molar-refractivity contribution in [3.63, 3.8) is 0 Å². The Morgan fingerprint density at radius 1 is 1.17 bits per heavy atom. The van der Waals surface area contributed by atoms with Crippen LogP contribution >= 0.6 is 24.0 Å². The predicted octanol–water partition coefficient (Wildman–Crippen LogP) is 1.94. The van der Waals surface area contributed by atoms with E-state index < -0.39 is 0 Å². The summed E-state index contributed by atoms with van der Waals surface area (Å²) < 4.78 is 10.4. The van der Waals surface area contributed by atoms with E-state index in [2.05, 4.69) is 34.4 Å². The summed E-state index contributed by atoms with van der Waals surface area (Å²) in [4.78, 5) is 7.13. The van der Waals surface area contributed by atoms with Crippen LogP contribution in [0.2, 0.25) is 0 Å². The van der Waals surface area contributed by atoms with Gasteiger partial charge in [0.05, 0.1) is 13.2 Å². The molecule has 0 aromatic rings. The van der Waals surface area contributed by atoms with Crippen molar-refractivity contribution >= 4 is 29.9 Å². The maximum absolute atomic E-state index is 5.44. The van der Waals surface area contributed by atoms with Gasteiger partial charge in [-0.3, -0.25) is 4.99 Å². The third kappa shape index (κ3) is 12.3. The van der Waals surface area contributed by atoms with Gasteiger partial charge in [-0.1, -0.05) is 6.92 Å². The number of nitrogens with one attached hydrogen (secondary N) is 2. The molecular weight excluding hydrogens is 419 g/mol. The van der Waals surface area contributed by atoms with Gasteiger partial charge in [0, 0.05) is 39.9 Å². The van der Waals surface area contributed by atoms with Crippen LogP contribution in [0.25, 0.3) is 0 Å². The first-order valence-electron chi connectivity index (χ1n) is 9.07. The van der Waals surface area contributed by atoms with Crippen molar-refractivity contribution in [3.05, 3.63) is 0 Å². The second-order valence-corrected chi connectivity index (χ2v) is 6.17. The van der Waals surface area contributed by atoms with Gasteiger partial charge < -0.3 is 25.0 Å². The maximum Gasteiger partial charge on any atom is 0.191 e. The van der Waals surface area contributed by atoms with Gasteiger partial charge in [-0.15, -0.1) is 24.0 Å². The van der Waals surface area contributed by atoms with Gasteiger partial charge in [0.25, 0.3) is 0 Å². The van der Waals surface area contributed by atoms with E-state index >= 15 is 0 Å². The Kier molecular flexibility index (Phi) is 16.3. The largest absolute Gasteiger partial charge is 0.382 e. The van der Waals surface area contributed by atoms with Crippen LogP contribution in [0.15, 0.2) is 4.99 Å². The predicted molar refractivity (Wildman–Crippen MR) is 112 cm³/mol. The number of methoxy groups -OCH3 is 1. The lowest BCUT2D eigenvalue weighted by Crippen LogP contribution is -2.43. The molecule has 0 bridgehead atoms. The Labute approximate surface area is 165 Å². The average Bonchev–Trinajstić information content (AvgIpc) is 2.56. The zero-order valence-corrected chi connectivity index (χ0v) is 18.0. The van der Waals surface area contributed by atoms with Crippen LogP contribution in [0.5, 0.6) is 0 Å². The molecular formula is C17H37IN4O2. The van der Waals surface area contributed by atoms with Crippen LogP contribution < -0.4 is 10.6 Å². The highest BCUT2D eigenvalue weighted by Crippen LogP contribution is 2.14. The Morgan fingerprint density at radius 3 is 2.58 bits per heavy atom. The molecule has 0 radical (unpaired) electrons. The van der Waals surface area contributed by atoms with Gasteiger partial charge in [-0.25, -0.2) is 0 Å². The average molecular weight is 456 g/mol. The first kappa shape index (κ1) is 23.9. The minimum absolute atomic E-state index is 0. The fourth-order valence-electron chi connectivity index (χ4n) is 2.56. The topological polar surface area (TPSA) is 58.1 Å². The van der Waals surface area contributed by atoms with Crippen LogP contribution in [0.3, 0.4) is 0 Å². The molecule has 2 N–H and O–H groups in total. The summed E-state index contributed by atoms with van der Waals surface area (Å²) in [6, 6.07) is 0. The molecule has 1 fully saturated rings. The molecule has 0 unspecified atom stereocenters. The second-order valence-electron chi connectivity index (χ2n) is 6.17. The Bertz CT molecular complexity index is 311. The van der Waals surface area contributed by atoms with E-state index in [0.717, 1.165) is 51.1 Å². The van der Waals surface area contributed by atoms with Gasteiger partial charge in [-0.2, -0.15) is 0 Å². The number of aliphatic imine (C=N–C) groups is 1. The van der Waals surface area contributed by atoms with E-state index in [1.54, 1.807) is 7.11 Å². The van der Waals surface area contributed by atoms with Gasteiger partial charge in [0.1, 0.15) is 0 Å². The number of rotatable bonds is 11. The van der Waals surface area contributed by atoms with Crippen LogP contribution in [0.1, 0.15) is 33.1 Å². The zero-order valence-electron chi connectivity index (χ0n) is 15.7. The molecule has 24 heavy (non-hydrogen) atoms. The summed E-state index contributed by atoms with van der Waals surface area (Å²) in [6.07, 6.45) is 3.60. The van der Waals surface area contributed by atoms with Crippen LogP contribution in [0.4, 0.5) is 0 Å². The maximum atomic E-state index is 5.44. The second kappa shape index (κ2) is 16.4. The fourth-order valence-corrected chi connectivity index (χ4v) is 2.56. The smallest absolute Gasteiger partial charge is 0.191 e. The van der Waals surface area contributed by atoms with E-state index in [9.17, 15) is 0 Å². The number of halogens is 1. The molecule has 1 aliphatic rings. The summed E-state index contributed by atoms with van der Waals surface area (Å²) >= 11 is 0. The summed E-state index contributed by atoms with van der Waals surface area (Å²) in [5, 5.41) is 6.72. The SMILES string of the molecule is CCNC(=NCCCOCCOC)NCCN1CCC(C)CC1.I. The third-order valence-electron chi connectivity index (χ3n) is 4.09. The van der Waals surface area contributed by atoms with Crippen molar-refractivity contribution in [2.75, 3.05) is 66.2 Å². The van der Waals surface area contributed by atoms with Crippen LogP contribution in [0, 0.1) is 5.92 Å². The number of guanidine groups is 1. The molecule has 0 atom stereocenters. The first-order chi connectivity index (χ1) is 11.3. The molecule has 0 aromatic carbocycles. The highest BCUT2D eigenvalue weighted by molar-refractivity contribution is 14.0. The van der Waals surface area contributed by atoms with Gasteiger partial charge in [-0.05, 0) is 45.2 Å². The summed E-state index contributed by atoms with van der Waals surface area (Å²) in [5.74, 6) is 1.80. The molecule has 7 heteroatoms. The highest BCUT2D eigenvalue weighted by atomic mass is 127. The number of piperidine rings is 1. The van der Waals surface area contributed by atoms with Crippen molar-refractivity contribution in [1.82, 2.24) is 15.5 Å². The lowest BCUT2D eigenvalue weighted by atomic mass is 9.99. The molecule has 1 heterocycles. The van der Waals surface area contributed by atoms with E-state index in [1.165, 1.54) is 25.9 Å². The number of hydrogen-bond donors (Lipinski definition) is 2. The Balaban J connectivity index is 0.00000529. The quantitative estimate of drug-likeness (QED) is 0.216. The summed E-state index contributed by atoms with van der Waals surface area (Å²) in [6.45, 7) is 12.7. The van der Waals surface area contributed by atoms with Crippen molar-refractivity contribution in [3.8, 4) is 0 Å². The zero-order chi connectivity index (χ0) is 16.8. The number of hydrogen-bond acceptors (Lipinski definition) is 4. The fraction of sp³-hybridized carbons (Fsp3) is 0.941. The molecule has 0 aromatic heterocycles.